The number of fused-ring (bicyclic) bond motifs is 1. The molecule has 0 nitrogen and oxygen atoms in total. The maximum Gasteiger partial charge on any atom is 0.159 e. The van der Waals surface area contributed by atoms with Crippen LogP contribution in [0.3, 0.4) is 0 Å². The fraction of sp³-hybridized carbons (Fsp3) is 0.0769. The number of benzene rings is 4. The molecular weight excluding hydrogens is 388 g/mol. The summed E-state index contributed by atoms with van der Waals surface area (Å²) < 4.78 is 55.6. The average molecular weight is 404 g/mol. The zero-order valence-corrected chi connectivity index (χ0v) is 16.1. The van der Waals surface area contributed by atoms with Gasteiger partial charge in [0.05, 0.1) is 5.56 Å². The van der Waals surface area contributed by atoms with Crippen molar-refractivity contribution in [3.63, 3.8) is 0 Å². The third kappa shape index (κ3) is 3.92. The van der Waals surface area contributed by atoms with Crippen molar-refractivity contribution in [2.24, 2.45) is 0 Å². The van der Waals surface area contributed by atoms with Crippen LogP contribution in [-0.4, -0.2) is 0 Å². The third-order valence-corrected chi connectivity index (χ3v) is 4.94. The predicted octanol–water partition coefficient (Wildman–Crippen LogP) is 7.03. The summed E-state index contributed by atoms with van der Waals surface area (Å²) in [7, 11) is 0. The SMILES string of the molecule is CCc1ccc(-c2ccc(C#Cc3ccc4cc(F)c(F)cc4c3)c(F)c2)c(F)c1. The second-order valence-corrected chi connectivity index (χ2v) is 6.94. The van der Waals surface area contributed by atoms with E-state index in [9.17, 15) is 17.6 Å². The van der Waals surface area contributed by atoms with Gasteiger partial charge in [0.2, 0.25) is 0 Å². The molecule has 148 valence electrons. The molecule has 0 fully saturated rings. The van der Waals surface area contributed by atoms with Gasteiger partial charge in [-0.3, -0.25) is 0 Å². The molecule has 4 heteroatoms. The molecule has 0 saturated carbocycles. The zero-order chi connectivity index (χ0) is 21.3. The van der Waals surface area contributed by atoms with E-state index in [1.165, 1.54) is 18.2 Å². The van der Waals surface area contributed by atoms with Gasteiger partial charge in [0.15, 0.2) is 11.6 Å². The highest BCUT2D eigenvalue weighted by Crippen LogP contribution is 2.26. The minimum atomic E-state index is -0.937. The molecular formula is C26H16F4. The first-order valence-electron chi connectivity index (χ1n) is 9.44. The van der Waals surface area contributed by atoms with Crippen LogP contribution < -0.4 is 0 Å². The van der Waals surface area contributed by atoms with Crippen molar-refractivity contribution in [2.45, 2.75) is 13.3 Å². The molecule has 0 unspecified atom stereocenters. The van der Waals surface area contributed by atoms with Gasteiger partial charge in [0.1, 0.15) is 11.6 Å². The lowest BCUT2D eigenvalue weighted by Crippen LogP contribution is -1.91. The van der Waals surface area contributed by atoms with Gasteiger partial charge in [-0.1, -0.05) is 43.0 Å². The lowest BCUT2D eigenvalue weighted by atomic mass is 10.0. The molecule has 0 aliphatic rings. The first-order chi connectivity index (χ1) is 14.4. The van der Waals surface area contributed by atoms with E-state index in [1.807, 2.05) is 13.0 Å². The van der Waals surface area contributed by atoms with Crippen molar-refractivity contribution in [3.8, 4) is 23.0 Å². The Hall–Kier alpha value is -3.58. The molecule has 0 saturated heterocycles. The predicted molar refractivity (Wildman–Crippen MR) is 111 cm³/mol. The Morgan fingerprint density at radius 1 is 0.633 bits per heavy atom. The molecule has 0 atom stereocenters. The Bertz CT molecular complexity index is 1330. The molecule has 0 heterocycles. The van der Waals surface area contributed by atoms with Gasteiger partial charge in [-0.05, 0) is 70.8 Å². The van der Waals surface area contributed by atoms with Crippen LogP contribution in [0, 0.1) is 35.1 Å². The minimum Gasteiger partial charge on any atom is -0.206 e. The third-order valence-electron chi connectivity index (χ3n) is 4.94. The van der Waals surface area contributed by atoms with Crippen LogP contribution in [0.5, 0.6) is 0 Å². The summed E-state index contributed by atoms with van der Waals surface area (Å²) in [6.45, 7) is 1.94. The molecule has 0 N–H and O–H groups in total. The molecule has 0 spiro atoms. The highest BCUT2D eigenvalue weighted by molar-refractivity contribution is 5.84. The van der Waals surface area contributed by atoms with Gasteiger partial charge in [-0.15, -0.1) is 0 Å². The molecule has 0 aromatic heterocycles. The number of hydrogen-bond donors (Lipinski definition) is 0. The standard InChI is InChI=1S/C26H16F4/c1-2-16-5-10-22(24(28)12-16)20-9-8-18(23(27)14-20)6-3-17-4-7-19-13-25(29)26(30)15-21(19)11-17/h4-5,7-15H,2H2,1H3. The van der Waals surface area contributed by atoms with Crippen LogP contribution in [-0.2, 0) is 6.42 Å². The van der Waals surface area contributed by atoms with Gasteiger partial charge >= 0.3 is 0 Å². The van der Waals surface area contributed by atoms with Crippen LogP contribution in [0.2, 0.25) is 0 Å². The Kier molecular flexibility index (Phi) is 5.29. The number of hydrogen-bond acceptors (Lipinski definition) is 0. The fourth-order valence-corrected chi connectivity index (χ4v) is 3.26. The van der Waals surface area contributed by atoms with Gasteiger partial charge in [0.25, 0.3) is 0 Å². The second-order valence-electron chi connectivity index (χ2n) is 6.94. The second kappa shape index (κ2) is 8.04. The molecule has 0 bridgehead atoms. The van der Waals surface area contributed by atoms with E-state index in [4.69, 9.17) is 0 Å². The summed E-state index contributed by atoms with van der Waals surface area (Å²) in [4.78, 5) is 0. The van der Waals surface area contributed by atoms with E-state index >= 15 is 0 Å². The van der Waals surface area contributed by atoms with Crippen molar-refractivity contribution in [2.75, 3.05) is 0 Å². The molecule has 0 aliphatic heterocycles. The largest absolute Gasteiger partial charge is 0.206 e. The summed E-state index contributed by atoms with van der Waals surface area (Å²) in [5.74, 6) is 2.77. The van der Waals surface area contributed by atoms with Crippen molar-refractivity contribution in [3.05, 3.63) is 107 Å². The normalized spacial score (nSPS) is 10.7. The van der Waals surface area contributed by atoms with E-state index in [1.54, 1.807) is 30.3 Å². The van der Waals surface area contributed by atoms with Crippen molar-refractivity contribution < 1.29 is 17.6 Å². The Morgan fingerprint density at radius 3 is 2.10 bits per heavy atom. The molecule has 4 rings (SSSR count). The summed E-state index contributed by atoms with van der Waals surface area (Å²) in [5.41, 5.74) is 2.33. The summed E-state index contributed by atoms with van der Waals surface area (Å²) in [6, 6.07) is 16.4. The topological polar surface area (TPSA) is 0 Å². The first-order valence-corrected chi connectivity index (χ1v) is 9.44. The molecule has 0 amide bonds. The maximum atomic E-state index is 14.5. The number of halogens is 4. The Labute approximate surface area is 171 Å². The maximum absolute atomic E-state index is 14.5. The van der Waals surface area contributed by atoms with Gasteiger partial charge in [-0.2, -0.15) is 0 Å². The average Bonchev–Trinajstić information content (AvgIpc) is 2.73. The Balaban J connectivity index is 1.65. The van der Waals surface area contributed by atoms with Gasteiger partial charge < -0.3 is 0 Å². The molecule has 0 aliphatic carbocycles. The Morgan fingerprint density at radius 2 is 1.40 bits per heavy atom. The van der Waals surface area contributed by atoms with Gasteiger partial charge in [-0.25, -0.2) is 17.6 Å². The van der Waals surface area contributed by atoms with Crippen molar-refractivity contribution in [1.82, 2.24) is 0 Å². The van der Waals surface area contributed by atoms with E-state index in [0.717, 1.165) is 24.1 Å². The quantitative estimate of drug-likeness (QED) is 0.249. The van der Waals surface area contributed by atoms with Crippen LogP contribution >= 0.6 is 0 Å². The smallest absolute Gasteiger partial charge is 0.159 e. The highest BCUT2D eigenvalue weighted by Gasteiger charge is 2.09. The first kappa shape index (κ1) is 19.7. The van der Waals surface area contributed by atoms with Crippen LogP contribution in [0.15, 0.2) is 66.7 Å². The van der Waals surface area contributed by atoms with Crippen molar-refractivity contribution in [1.29, 1.82) is 0 Å². The van der Waals surface area contributed by atoms with Gasteiger partial charge in [0, 0.05) is 11.1 Å². The van der Waals surface area contributed by atoms with Crippen LogP contribution in [0.25, 0.3) is 21.9 Å². The summed E-state index contributed by atoms with van der Waals surface area (Å²) >= 11 is 0. The van der Waals surface area contributed by atoms with E-state index in [-0.39, 0.29) is 5.56 Å². The summed E-state index contributed by atoms with van der Waals surface area (Å²) in [5, 5.41) is 1.05. The molecule has 4 aromatic rings. The lowest BCUT2D eigenvalue weighted by molar-refractivity contribution is 0.511. The number of rotatable bonds is 2. The zero-order valence-electron chi connectivity index (χ0n) is 16.1. The van der Waals surface area contributed by atoms with E-state index < -0.39 is 23.3 Å². The van der Waals surface area contributed by atoms with Crippen LogP contribution in [0.1, 0.15) is 23.6 Å². The van der Waals surface area contributed by atoms with E-state index in [2.05, 4.69) is 11.8 Å². The highest BCUT2D eigenvalue weighted by atomic mass is 19.2. The molecule has 30 heavy (non-hydrogen) atoms. The molecule has 0 radical (unpaired) electrons. The lowest BCUT2D eigenvalue weighted by Gasteiger charge is -2.06. The fourth-order valence-electron chi connectivity index (χ4n) is 3.26. The van der Waals surface area contributed by atoms with Crippen LogP contribution in [0.4, 0.5) is 17.6 Å². The summed E-state index contributed by atoms with van der Waals surface area (Å²) in [6.07, 6.45) is 0.719. The molecule has 4 aromatic carbocycles. The minimum absolute atomic E-state index is 0.162. The van der Waals surface area contributed by atoms with Crippen molar-refractivity contribution >= 4 is 10.8 Å². The van der Waals surface area contributed by atoms with E-state index in [0.29, 0.717) is 27.5 Å². The number of aryl methyl sites for hydroxylation is 1. The monoisotopic (exact) mass is 404 g/mol.